The number of benzene rings is 1. The van der Waals surface area contributed by atoms with E-state index >= 15 is 0 Å². The van der Waals surface area contributed by atoms with E-state index in [2.05, 4.69) is 36.6 Å². The van der Waals surface area contributed by atoms with Crippen LogP contribution in [-0.4, -0.2) is 8.42 Å². The van der Waals surface area contributed by atoms with Gasteiger partial charge >= 0.3 is 0 Å². The average Bonchev–Trinajstić information content (AvgIpc) is 2.87. The second-order valence-corrected chi connectivity index (χ2v) is 8.39. The predicted molar refractivity (Wildman–Crippen MR) is 86.6 cm³/mol. The zero-order valence-corrected chi connectivity index (χ0v) is 15.0. The third kappa shape index (κ3) is 3.11. The zero-order chi connectivity index (χ0) is 15.0. The summed E-state index contributed by atoms with van der Waals surface area (Å²) in [6.07, 6.45) is 4.17. The van der Waals surface area contributed by atoms with E-state index in [4.69, 9.17) is 4.42 Å². The molecule has 1 atom stereocenters. The van der Waals surface area contributed by atoms with Gasteiger partial charge in [0.2, 0.25) is 10.0 Å². The van der Waals surface area contributed by atoms with Gasteiger partial charge in [-0.15, -0.1) is 0 Å². The van der Waals surface area contributed by atoms with Gasteiger partial charge in [-0.1, -0.05) is 15.9 Å². The molecule has 1 aromatic heterocycles. The monoisotopic (exact) mass is 433 g/mol. The topological polar surface area (TPSA) is 59.3 Å². The molecular formula is C14H13Br2NO3S. The molecule has 4 nitrogen and oxygen atoms in total. The smallest absolute Gasteiger partial charge is 0.242 e. The van der Waals surface area contributed by atoms with Gasteiger partial charge in [-0.25, -0.2) is 13.1 Å². The normalized spacial score (nSPS) is 18.5. The maximum absolute atomic E-state index is 12.6. The minimum absolute atomic E-state index is 0.229. The van der Waals surface area contributed by atoms with E-state index in [1.54, 1.807) is 24.5 Å². The Bertz CT molecular complexity index is 770. The van der Waals surface area contributed by atoms with Gasteiger partial charge in [0.15, 0.2) is 0 Å². The number of aryl methyl sites for hydroxylation is 1. The lowest BCUT2D eigenvalue weighted by atomic mass is 9.94. The Morgan fingerprint density at radius 2 is 2.05 bits per heavy atom. The molecule has 1 aliphatic rings. The van der Waals surface area contributed by atoms with Crippen LogP contribution in [0.2, 0.25) is 0 Å². The summed E-state index contributed by atoms with van der Waals surface area (Å²) >= 11 is 6.62. The van der Waals surface area contributed by atoms with Crippen LogP contribution in [0.25, 0.3) is 0 Å². The zero-order valence-electron chi connectivity index (χ0n) is 11.0. The molecule has 1 N–H and O–H groups in total. The van der Waals surface area contributed by atoms with E-state index in [1.807, 2.05) is 6.07 Å². The Kier molecular flexibility index (Phi) is 4.27. The molecule has 2 aromatic rings. The summed E-state index contributed by atoms with van der Waals surface area (Å²) in [6.45, 7) is 0. The van der Waals surface area contributed by atoms with Crippen molar-refractivity contribution in [3.63, 3.8) is 0 Å². The van der Waals surface area contributed by atoms with Gasteiger partial charge in [-0.2, -0.15) is 0 Å². The van der Waals surface area contributed by atoms with E-state index in [9.17, 15) is 8.42 Å². The lowest BCUT2D eigenvalue weighted by Gasteiger charge is -2.22. The number of halogens is 2. The quantitative estimate of drug-likeness (QED) is 0.788. The second kappa shape index (κ2) is 5.87. The summed E-state index contributed by atoms with van der Waals surface area (Å²) in [5.74, 6) is 0.879. The van der Waals surface area contributed by atoms with Crippen LogP contribution in [-0.2, 0) is 16.4 Å². The fraction of sp³-hybridized carbons (Fsp3) is 0.286. The Morgan fingerprint density at radius 1 is 1.24 bits per heavy atom. The van der Waals surface area contributed by atoms with Crippen LogP contribution in [0.5, 0.6) is 0 Å². The molecule has 1 unspecified atom stereocenters. The Balaban J connectivity index is 1.91. The Morgan fingerprint density at radius 3 is 2.81 bits per heavy atom. The van der Waals surface area contributed by atoms with Crippen LogP contribution in [0.1, 0.15) is 30.2 Å². The van der Waals surface area contributed by atoms with Gasteiger partial charge < -0.3 is 4.42 Å². The van der Waals surface area contributed by atoms with Gasteiger partial charge in [0.05, 0.1) is 17.2 Å². The first kappa shape index (κ1) is 15.3. The molecule has 3 rings (SSSR count). The van der Waals surface area contributed by atoms with Crippen molar-refractivity contribution in [1.29, 1.82) is 0 Å². The van der Waals surface area contributed by atoms with Crippen molar-refractivity contribution < 1.29 is 12.8 Å². The molecule has 0 saturated heterocycles. The third-order valence-corrected chi connectivity index (χ3v) is 6.47. The highest BCUT2D eigenvalue weighted by atomic mass is 79.9. The number of furan rings is 1. The maximum Gasteiger partial charge on any atom is 0.242 e. The van der Waals surface area contributed by atoms with Crippen molar-refractivity contribution in [2.24, 2.45) is 0 Å². The SMILES string of the molecule is O=S(=O)(NC1CCCc2occc21)c1ccc(Br)cc1Br. The van der Waals surface area contributed by atoms with Gasteiger partial charge in [0.25, 0.3) is 0 Å². The Hall–Kier alpha value is -0.630. The molecule has 1 aliphatic carbocycles. The number of hydrogen-bond donors (Lipinski definition) is 1. The maximum atomic E-state index is 12.6. The molecule has 0 saturated carbocycles. The van der Waals surface area contributed by atoms with Crippen LogP contribution in [0.4, 0.5) is 0 Å². The summed E-state index contributed by atoms with van der Waals surface area (Å²) in [5, 5.41) is 0. The highest BCUT2D eigenvalue weighted by molar-refractivity contribution is 9.11. The molecular weight excluding hydrogens is 422 g/mol. The van der Waals surface area contributed by atoms with Crippen LogP contribution in [0.15, 0.2) is 48.8 Å². The molecule has 0 amide bonds. The largest absolute Gasteiger partial charge is 0.469 e. The summed E-state index contributed by atoms with van der Waals surface area (Å²) < 4.78 is 34.7. The van der Waals surface area contributed by atoms with E-state index in [0.29, 0.717) is 4.47 Å². The van der Waals surface area contributed by atoms with Crippen LogP contribution >= 0.6 is 31.9 Å². The molecule has 0 aliphatic heterocycles. The van der Waals surface area contributed by atoms with Crippen LogP contribution in [0, 0.1) is 0 Å². The number of sulfonamides is 1. The highest BCUT2D eigenvalue weighted by Gasteiger charge is 2.28. The number of nitrogens with one attached hydrogen (secondary N) is 1. The molecule has 1 aromatic carbocycles. The lowest BCUT2D eigenvalue weighted by Crippen LogP contribution is -2.30. The molecule has 0 fully saturated rings. The predicted octanol–water partition coefficient (Wildman–Crippen LogP) is 4.16. The minimum Gasteiger partial charge on any atom is -0.469 e. The number of hydrogen-bond acceptors (Lipinski definition) is 3. The molecule has 0 spiro atoms. The standard InChI is InChI=1S/C14H13Br2NO3S/c15-9-4-5-14(11(16)8-9)21(18,19)17-12-2-1-3-13-10(12)6-7-20-13/h4-8,12,17H,1-3H2. The van der Waals surface area contributed by atoms with Gasteiger partial charge in [0, 0.05) is 20.9 Å². The van der Waals surface area contributed by atoms with Crippen molar-refractivity contribution in [3.8, 4) is 0 Å². The summed E-state index contributed by atoms with van der Waals surface area (Å²) in [6, 6.07) is 6.63. The van der Waals surface area contributed by atoms with Crippen LogP contribution < -0.4 is 4.72 Å². The van der Waals surface area contributed by atoms with Crippen molar-refractivity contribution in [2.75, 3.05) is 0 Å². The van der Waals surface area contributed by atoms with E-state index in [1.165, 1.54) is 0 Å². The lowest BCUT2D eigenvalue weighted by molar-refractivity contribution is 0.438. The molecule has 0 radical (unpaired) electrons. The molecule has 0 bridgehead atoms. The van der Waals surface area contributed by atoms with E-state index in [0.717, 1.165) is 35.1 Å². The average molecular weight is 435 g/mol. The first-order chi connectivity index (χ1) is 9.97. The van der Waals surface area contributed by atoms with Crippen molar-refractivity contribution in [2.45, 2.75) is 30.2 Å². The summed E-state index contributed by atoms with van der Waals surface area (Å²) in [4.78, 5) is 0.237. The molecule has 21 heavy (non-hydrogen) atoms. The minimum atomic E-state index is -3.59. The first-order valence-corrected chi connectivity index (χ1v) is 9.58. The van der Waals surface area contributed by atoms with Gasteiger partial charge in [0.1, 0.15) is 5.76 Å². The van der Waals surface area contributed by atoms with Gasteiger partial charge in [-0.3, -0.25) is 0 Å². The van der Waals surface area contributed by atoms with Gasteiger partial charge in [-0.05, 0) is 53.0 Å². The van der Waals surface area contributed by atoms with Crippen molar-refractivity contribution in [3.05, 3.63) is 50.8 Å². The molecule has 112 valence electrons. The van der Waals surface area contributed by atoms with E-state index in [-0.39, 0.29) is 10.9 Å². The fourth-order valence-corrected chi connectivity index (χ4v) is 5.55. The highest BCUT2D eigenvalue weighted by Crippen LogP contribution is 2.33. The molecule has 1 heterocycles. The summed E-state index contributed by atoms with van der Waals surface area (Å²) in [5.41, 5.74) is 0.943. The first-order valence-electron chi connectivity index (χ1n) is 6.51. The Labute approximate surface area is 140 Å². The van der Waals surface area contributed by atoms with Crippen molar-refractivity contribution in [1.82, 2.24) is 4.72 Å². The third-order valence-electron chi connectivity index (χ3n) is 3.53. The molecule has 7 heteroatoms. The number of fused-ring (bicyclic) bond motifs is 1. The van der Waals surface area contributed by atoms with Crippen LogP contribution in [0.3, 0.4) is 0 Å². The summed E-state index contributed by atoms with van der Waals surface area (Å²) in [7, 11) is -3.59. The van der Waals surface area contributed by atoms with Crippen molar-refractivity contribution >= 4 is 41.9 Å². The fourth-order valence-electron chi connectivity index (χ4n) is 2.55. The number of rotatable bonds is 3. The van der Waals surface area contributed by atoms with E-state index < -0.39 is 10.0 Å². The second-order valence-electron chi connectivity index (χ2n) is 4.94.